The number of hydrogen-bond acceptors (Lipinski definition) is 5. The normalized spacial score (nSPS) is 14.3. The highest BCUT2D eigenvalue weighted by molar-refractivity contribution is 6.30. The molecule has 3 aromatic rings. The lowest BCUT2D eigenvalue weighted by atomic mass is 9.98. The molecule has 1 aliphatic rings. The van der Waals surface area contributed by atoms with Crippen LogP contribution in [0.4, 0.5) is 10.5 Å². The van der Waals surface area contributed by atoms with E-state index in [0.29, 0.717) is 29.7 Å². The first-order chi connectivity index (χ1) is 17.6. The lowest BCUT2D eigenvalue weighted by Crippen LogP contribution is -2.25. The first-order valence-corrected chi connectivity index (χ1v) is 13.5. The Labute approximate surface area is 218 Å². The lowest BCUT2D eigenvalue weighted by Gasteiger charge is -2.21. The lowest BCUT2D eigenvalue weighted by molar-refractivity contribution is 0.0865. The third-order valence-corrected chi connectivity index (χ3v) is 7.04. The Morgan fingerprint density at radius 2 is 1.86 bits per heavy atom. The van der Waals surface area contributed by atoms with E-state index in [0.717, 1.165) is 68.2 Å². The molecule has 8 heteroatoms. The molecular formula is C28H37ClN4O3. The zero-order valence-corrected chi connectivity index (χ0v) is 22.1. The number of carbonyl (C=O) groups is 1. The second kappa shape index (κ2) is 13.0. The second-order valence-corrected chi connectivity index (χ2v) is 9.78. The van der Waals surface area contributed by atoms with Crippen molar-refractivity contribution in [1.29, 1.82) is 0 Å². The largest absolute Gasteiger partial charge is 0.476 e. The monoisotopic (exact) mass is 512 g/mol. The third kappa shape index (κ3) is 7.14. The molecule has 1 N–H and O–H groups in total. The Morgan fingerprint density at radius 1 is 1.11 bits per heavy atom. The summed E-state index contributed by atoms with van der Waals surface area (Å²) >= 11 is 6.06. The highest BCUT2D eigenvalue weighted by atomic mass is 35.5. The van der Waals surface area contributed by atoms with Crippen molar-refractivity contribution in [2.45, 2.75) is 65.0 Å². The number of benzene rings is 2. The highest BCUT2D eigenvalue weighted by Gasteiger charge is 2.19. The van der Waals surface area contributed by atoms with Gasteiger partial charge in [0, 0.05) is 17.3 Å². The van der Waals surface area contributed by atoms with Crippen LogP contribution in [0.1, 0.15) is 57.9 Å². The van der Waals surface area contributed by atoms with Gasteiger partial charge >= 0.3 is 6.09 Å². The molecule has 1 aliphatic carbocycles. The van der Waals surface area contributed by atoms with Crippen molar-refractivity contribution in [3.05, 3.63) is 53.1 Å². The van der Waals surface area contributed by atoms with Gasteiger partial charge in [0.05, 0.1) is 24.1 Å². The molecule has 0 unspecified atom stereocenters. The second-order valence-electron chi connectivity index (χ2n) is 9.34. The minimum absolute atomic E-state index is 0.00862. The number of anilines is 1. The van der Waals surface area contributed by atoms with Gasteiger partial charge in [-0.15, -0.1) is 5.10 Å². The molecule has 0 atom stereocenters. The van der Waals surface area contributed by atoms with E-state index in [2.05, 4.69) is 24.1 Å². The number of nitrogens with one attached hydrogen (secondary N) is 1. The van der Waals surface area contributed by atoms with E-state index >= 15 is 0 Å². The zero-order chi connectivity index (χ0) is 25.3. The molecule has 0 spiro atoms. The van der Waals surface area contributed by atoms with Crippen LogP contribution in [-0.2, 0) is 11.3 Å². The number of hydrogen-bond donors (Lipinski definition) is 1. The average molecular weight is 513 g/mol. The fourth-order valence-corrected chi connectivity index (χ4v) is 4.82. The summed E-state index contributed by atoms with van der Waals surface area (Å²) in [5.41, 5.74) is 2.70. The average Bonchev–Trinajstić information content (AvgIpc) is 3.22. The van der Waals surface area contributed by atoms with Gasteiger partial charge in [-0.25, -0.2) is 4.79 Å². The van der Waals surface area contributed by atoms with Gasteiger partial charge < -0.3 is 14.4 Å². The van der Waals surface area contributed by atoms with Crippen LogP contribution in [0.5, 0.6) is 5.88 Å². The van der Waals surface area contributed by atoms with Crippen molar-refractivity contribution in [3.8, 4) is 5.88 Å². The summed E-state index contributed by atoms with van der Waals surface area (Å²) in [7, 11) is 0. The molecule has 1 heterocycles. The predicted octanol–water partition coefficient (Wildman–Crippen LogP) is 6.73. The first-order valence-electron chi connectivity index (χ1n) is 13.1. The Balaban J connectivity index is 1.50. The van der Waals surface area contributed by atoms with Crippen molar-refractivity contribution in [1.82, 2.24) is 14.7 Å². The van der Waals surface area contributed by atoms with Gasteiger partial charge in [0.2, 0.25) is 5.88 Å². The third-order valence-electron chi connectivity index (χ3n) is 6.79. The molecular weight excluding hydrogens is 476 g/mol. The molecule has 36 heavy (non-hydrogen) atoms. The Bertz CT molecular complexity index is 1120. The maximum Gasteiger partial charge on any atom is 0.411 e. The molecule has 0 radical (unpaired) electrons. The Morgan fingerprint density at radius 3 is 2.58 bits per heavy atom. The van der Waals surface area contributed by atoms with E-state index in [-0.39, 0.29) is 6.10 Å². The van der Waals surface area contributed by atoms with Crippen LogP contribution < -0.4 is 10.1 Å². The standard InChI is InChI=1S/C28H37ClN4O3/c1-3-32(4-2)17-8-18-35-27-25-19-23(30-28(34)36-24-9-6-5-7-10-24)15-16-26(25)33(31-27)20-21-11-13-22(29)14-12-21/h11-16,19,24H,3-10,17-18,20H2,1-2H3,(H,30,34). The molecule has 1 amide bonds. The van der Waals surface area contributed by atoms with E-state index in [9.17, 15) is 4.79 Å². The summed E-state index contributed by atoms with van der Waals surface area (Å²) in [5.74, 6) is 0.572. The van der Waals surface area contributed by atoms with Crippen LogP contribution in [0.15, 0.2) is 42.5 Å². The van der Waals surface area contributed by atoms with Crippen LogP contribution >= 0.6 is 11.6 Å². The number of fused-ring (bicyclic) bond motifs is 1. The smallest absolute Gasteiger partial charge is 0.411 e. The van der Waals surface area contributed by atoms with E-state index in [4.69, 9.17) is 26.2 Å². The fraction of sp³-hybridized carbons (Fsp3) is 0.500. The number of nitrogens with zero attached hydrogens (tertiary/aromatic N) is 3. The highest BCUT2D eigenvalue weighted by Crippen LogP contribution is 2.29. The molecule has 194 valence electrons. The van der Waals surface area contributed by atoms with E-state index < -0.39 is 6.09 Å². The van der Waals surface area contributed by atoms with Gasteiger partial charge in [-0.3, -0.25) is 10.00 Å². The SMILES string of the molecule is CCN(CC)CCCOc1nn(Cc2ccc(Cl)cc2)c2ccc(NC(=O)OC3CCCCC3)cc12. The van der Waals surface area contributed by atoms with E-state index in [1.807, 2.05) is 47.1 Å². The molecule has 0 bridgehead atoms. The summed E-state index contributed by atoms with van der Waals surface area (Å²) in [6.45, 7) is 8.55. The van der Waals surface area contributed by atoms with Crippen molar-refractivity contribution >= 4 is 34.3 Å². The van der Waals surface area contributed by atoms with Crippen LogP contribution in [0.3, 0.4) is 0 Å². The van der Waals surface area contributed by atoms with Crippen molar-refractivity contribution in [2.75, 3.05) is 31.6 Å². The minimum atomic E-state index is -0.406. The van der Waals surface area contributed by atoms with Crippen molar-refractivity contribution in [3.63, 3.8) is 0 Å². The molecule has 2 aromatic carbocycles. The summed E-state index contributed by atoms with van der Waals surface area (Å²) in [5, 5.41) is 9.25. The molecule has 1 saturated carbocycles. The minimum Gasteiger partial charge on any atom is -0.476 e. The van der Waals surface area contributed by atoms with Crippen molar-refractivity contribution in [2.24, 2.45) is 0 Å². The molecule has 1 aromatic heterocycles. The van der Waals surface area contributed by atoms with E-state index in [1.54, 1.807) is 0 Å². The van der Waals surface area contributed by atoms with Crippen LogP contribution in [0.25, 0.3) is 10.9 Å². The van der Waals surface area contributed by atoms with Gasteiger partial charge in [-0.05, 0) is 81.1 Å². The molecule has 0 aliphatic heterocycles. The molecule has 0 saturated heterocycles. The fourth-order valence-electron chi connectivity index (χ4n) is 4.70. The molecule has 4 rings (SSSR count). The number of rotatable bonds is 11. The van der Waals surface area contributed by atoms with Gasteiger partial charge in [-0.1, -0.05) is 44.0 Å². The van der Waals surface area contributed by atoms with Crippen LogP contribution in [0.2, 0.25) is 5.02 Å². The number of aromatic nitrogens is 2. The molecule has 7 nitrogen and oxygen atoms in total. The van der Waals surface area contributed by atoms with Crippen LogP contribution in [0, 0.1) is 0 Å². The Kier molecular flexibility index (Phi) is 9.47. The number of ether oxygens (including phenoxy) is 2. The Hall–Kier alpha value is -2.77. The predicted molar refractivity (Wildman–Crippen MR) is 145 cm³/mol. The van der Waals surface area contributed by atoms with Gasteiger partial charge in [0.25, 0.3) is 0 Å². The van der Waals surface area contributed by atoms with Gasteiger partial charge in [0.1, 0.15) is 6.10 Å². The summed E-state index contributed by atoms with van der Waals surface area (Å²) < 4.78 is 13.7. The maximum atomic E-state index is 12.5. The number of amides is 1. The van der Waals surface area contributed by atoms with Crippen LogP contribution in [-0.4, -0.2) is 53.1 Å². The van der Waals surface area contributed by atoms with Gasteiger partial charge in [-0.2, -0.15) is 0 Å². The number of carbonyl (C=O) groups excluding carboxylic acids is 1. The maximum absolute atomic E-state index is 12.5. The number of halogens is 1. The summed E-state index contributed by atoms with van der Waals surface area (Å²) in [6, 6.07) is 13.5. The topological polar surface area (TPSA) is 68.6 Å². The first kappa shape index (κ1) is 26.3. The van der Waals surface area contributed by atoms with Crippen molar-refractivity contribution < 1.29 is 14.3 Å². The van der Waals surface area contributed by atoms with E-state index in [1.165, 1.54) is 6.42 Å². The summed E-state index contributed by atoms with van der Waals surface area (Å²) in [4.78, 5) is 14.9. The molecule has 1 fully saturated rings. The summed E-state index contributed by atoms with van der Waals surface area (Å²) in [6.07, 6.45) is 5.85. The quantitative estimate of drug-likeness (QED) is 0.288. The zero-order valence-electron chi connectivity index (χ0n) is 21.3. The van der Waals surface area contributed by atoms with Gasteiger partial charge in [0.15, 0.2) is 0 Å².